The summed E-state index contributed by atoms with van der Waals surface area (Å²) in [7, 11) is 0. The van der Waals surface area contributed by atoms with Crippen molar-refractivity contribution in [3.05, 3.63) is 30.3 Å². The summed E-state index contributed by atoms with van der Waals surface area (Å²) in [4.78, 5) is 0. The Kier molecular flexibility index (Phi) is 6.43. The number of benzene rings is 1. The van der Waals surface area contributed by atoms with Gasteiger partial charge in [0.1, 0.15) is 6.34 Å². The van der Waals surface area contributed by atoms with Gasteiger partial charge in [-0.05, 0) is 27.7 Å². The van der Waals surface area contributed by atoms with E-state index < -0.39 is 6.34 Å². The fraction of sp³-hybridized carbons (Fsp3) is 0.500. The maximum absolute atomic E-state index is 5.77. The van der Waals surface area contributed by atoms with Crippen molar-refractivity contribution in [1.29, 1.82) is 0 Å². The highest BCUT2D eigenvalue weighted by atomic mass is 32.4. The van der Waals surface area contributed by atoms with Crippen LogP contribution < -0.4 is 26.5 Å². The van der Waals surface area contributed by atoms with E-state index in [2.05, 4.69) is 48.9 Å². The van der Waals surface area contributed by atoms with E-state index >= 15 is 0 Å². The fourth-order valence-electron chi connectivity index (χ4n) is 1.23. The van der Waals surface area contributed by atoms with Gasteiger partial charge in [0.2, 0.25) is 0 Å². The summed E-state index contributed by atoms with van der Waals surface area (Å²) in [5, 5.41) is 7.64. The largest absolute Gasteiger partial charge is 0.250 e. The summed E-state index contributed by atoms with van der Waals surface area (Å²) in [6.07, 6.45) is -2.07. The van der Waals surface area contributed by atoms with E-state index in [4.69, 9.17) is 11.8 Å². The van der Waals surface area contributed by atoms with Gasteiger partial charge in [-0.1, -0.05) is 42.1 Å². The highest BCUT2D eigenvalue weighted by Crippen LogP contribution is 2.33. The zero-order valence-electron chi connectivity index (χ0n) is 11.4. The molecule has 1 aromatic rings. The summed E-state index contributed by atoms with van der Waals surface area (Å²) >= 11 is 5.77. The SMILES string of the molecule is CC(C)NNP(=S)(NNC(C)C)c1ccccc1. The van der Waals surface area contributed by atoms with Gasteiger partial charge in [-0.2, -0.15) is 0 Å². The minimum atomic E-state index is -2.07. The Morgan fingerprint density at radius 1 is 0.889 bits per heavy atom. The molecule has 0 atom stereocenters. The zero-order chi connectivity index (χ0) is 13.6. The van der Waals surface area contributed by atoms with Crippen molar-refractivity contribution in [2.75, 3.05) is 0 Å². The van der Waals surface area contributed by atoms with Gasteiger partial charge < -0.3 is 0 Å². The number of hydrogen-bond donors (Lipinski definition) is 4. The van der Waals surface area contributed by atoms with E-state index in [9.17, 15) is 0 Å². The molecule has 0 spiro atoms. The first-order chi connectivity index (χ1) is 8.44. The van der Waals surface area contributed by atoms with Crippen LogP contribution in [0.3, 0.4) is 0 Å². The maximum atomic E-state index is 5.77. The molecule has 18 heavy (non-hydrogen) atoms. The molecule has 0 saturated heterocycles. The molecule has 0 aromatic heterocycles. The van der Waals surface area contributed by atoms with Crippen LogP contribution in [-0.2, 0) is 11.8 Å². The molecule has 4 N–H and O–H groups in total. The minimum Gasteiger partial charge on any atom is -0.250 e. The van der Waals surface area contributed by atoms with Crippen LogP contribution in [0.5, 0.6) is 0 Å². The second-order valence-corrected chi connectivity index (χ2v) is 8.59. The standard InChI is InChI=1S/C12H23N4PS/c1-10(2)13-15-17(18,16-14-11(3)4)12-8-6-5-7-9-12/h5-11,13-14H,1-4H3,(H2,15,16,18). The van der Waals surface area contributed by atoms with Gasteiger partial charge in [0.05, 0.1) is 0 Å². The topological polar surface area (TPSA) is 48.1 Å². The van der Waals surface area contributed by atoms with Crippen molar-refractivity contribution in [3.63, 3.8) is 0 Å². The Labute approximate surface area is 115 Å². The van der Waals surface area contributed by atoms with E-state index in [1.165, 1.54) is 0 Å². The van der Waals surface area contributed by atoms with E-state index in [1.54, 1.807) is 0 Å². The molecule has 1 rings (SSSR count). The average molecular weight is 286 g/mol. The van der Waals surface area contributed by atoms with Crippen molar-refractivity contribution in [3.8, 4) is 0 Å². The third kappa shape index (κ3) is 5.14. The lowest BCUT2D eigenvalue weighted by atomic mass is 10.4. The van der Waals surface area contributed by atoms with Gasteiger partial charge >= 0.3 is 0 Å². The van der Waals surface area contributed by atoms with E-state index in [-0.39, 0.29) is 0 Å². The molecule has 0 unspecified atom stereocenters. The summed E-state index contributed by atoms with van der Waals surface area (Å²) in [6, 6.07) is 10.8. The van der Waals surface area contributed by atoms with Crippen LogP contribution in [0.25, 0.3) is 0 Å². The number of nitrogens with one attached hydrogen (secondary N) is 4. The van der Waals surface area contributed by atoms with Crippen molar-refractivity contribution in [2.45, 2.75) is 39.8 Å². The molecule has 0 heterocycles. The van der Waals surface area contributed by atoms with Gasteiger partial charge in [-0.3, -0.25) is 0 Å². The molecule has 1 aromatic carbocycles. The second-order valence-electron chi connectivity index (χ2n) is 4.77. The lowest BCUT2D eigenvalue weighted by Crippen LogP contribution is -2.47. The van der Waals surface area contributed by atoms with Crippen LogP contribution in [0.2, 0.25) is 0 Å². The lowest BCUT2D eigenvalue weighted by Gasteiger charge is -2.28. The zero-order valence-corrected chi connectivity index (χ0v) is 13.1. The smallest absolute Gasteiger partial charge is 0.127 e. The predicted octanol–water partition coefficient (Wildman–Crippen LogP) is 1.63. The third-order valence-electron chi connectivity index (χ3n) is 2.14. The first kappa shape index (κ1) is 15.8. The highest BCUT2D eigenvalue weighted by molar-refractivity contribution is 8.16. The molecule has 0 radical (unpaired) electrons. The Balaban J connectivity index is 2.83. The molecule has 102 valence electrons. The molecule has 0 amide bonds. The predicted molar refractivity (Wildman–Crippen MR) is 83.2 cm³/mol. The van der Waals surface area contributed by atoms with Crippen molar-refractivity contribution < 1.29 is 0 Å². The summed E-state index contributed by atoms with van der Waals surface area (Å²) < 4.78 is 0. The second kappa shape index (κ2) is 7.34. The van der Waals surface area contributed by atoms with Gasteiger partial charge in [0.25, 0.3) is 0 Å². The summed E-state index contributed by atoms with van der Waals surface area (Å²) in [5.74, 6) is 0. The fourth-order valence-corrected chi connectivity index (χ4v) is 3.70. The van der Waals surface area contributed by atoms with Crippen LogP contribution in [0.1, 0.15) is 27.7 Å². The minimum absolute atomic E-state index is 0.330. The Hall–Kier alpha value is -0.290. The molecule has 6 heteroatoms. The molecule has 0 aliphatic heterocycles. The Morgan fingerprint density at radius 2 is 1.33 bits per heavy atom. The van der Waals surface area contributed by atoms with Crippen LogP contribution in [0.15, 0.2) is 30.3 Å². The lowest BCUT2D eigenvalue weighted by molar-refractivity contribution is 0.544. The Morgan fingerprint density at radius 3 is 1.72 bits per heavy atom. The van der Waals surface area contributed by atoms with E-state index in [1.807, 2.05) is 30.3 Å². The van der Waals surface area contributed by atoms with Crippen molar-refractivity contribution in [2.24, 2.45) is 0 Å². The van der Waals surface area contributed by atoms with Crippen LogP contribution in [-0.4, -0.2) is 12.1 Å². The molecule has 0 aliphatic carbocycles. The molecular formula is C12H23N4PS. The van der Waals surface area contributed by atoms with Gasteiger partial charge in [0.15, 0.2) is 0 Å². The van der Waals surface area contributed by atoms with Gasteiger partial charge in [-0.25, -0.2) is 21.2 Å². The monoisotopic (exact) mass is 286 g/mol. The van der Waals surface area contributed by atoms with Crippen molar-refractivity contribution >= 4 is 23.5 Å². The molecule has 0 saturated carbocycles. The molecule has 0 fully saturated rings. The van der Waals surface area contributed by atoms with E-state index in [0.717, 1.165) is 5.30 Å². The molecule has 0 bridgehead atoms. The summed E-state index contributed by atoms with van der Waals surface area (Å²) in [5.41, 5.74) is 6.40. The summed E-state index contributed by atoms with van der Waals surface area (Å²) in [6.45, 7) is 8.31. The van der Waals surface area contributed by atoms with Crippen LogP contribution in [0.4, 0.5) is 0 Å². The number of hydrogen-bond acceptors (Lipinski definition) is 3. The number of rotatable bonds is 7. The van der Waals surface area contributed by atoms with Crippen molar-refractivity contribution in [1.82, 2.24) is 21.2 Å². The third-order valence-corrected chi connectivity index (χ3v) is 5.23. The quantitative estimate of drug-likeness (QED) is 0.453. The first-order valence-corrected chi connectivity index (χ1v) is 8.95. The molecular weight excluding hydrogens is 263 g/mol. The Bertz CT molecular complexity index is 378. The highest BCUT2D eigenvalue weighted by Gasteiger charge is 2.19. The average Bonchev–Trinajstić information content (AvgIpc) is 2.35. The first-order valence-electron chi connectivity index (χ1n) is 6.15. The maximum Gasteiger partial charge on any atom is 0.127 e. The molecule has 4 nitrogen and oxygen atoms in total. The van der Waals surface area contributed by atoms with Crippen LogP contribution >= 0.6 is 6.34 Å². The van der Waals surface area contributed by atoms with Crippen LogP contribution in [0, 0.1) is 0 Å². The van der Waals surface area contributed by atoms with Gasteiger partial charge in [-0.15, -0.1) is 0 Å². The molecule has 0 aliphatic rings. The van der Waals surface area contributed by atoms with E-state index in [0.29, 0.717) is 12.1 Å². The van der Waals surface area contributed by atoms with Gasteiger partial charge in [0, 0.05) is 17.4 Å². The number of hydrazine groups is 2. The normalized spacial score (nSPS) is 12.3.